The molecule has 0 aliphatic heterocycles. The summed E-state index contributed by atoms with van der Waals surface area (Å²) in [5.74, 6) is 0.725. The summed E-state index contributed by atoms with van der Waals surface area (Å²) in [5.41, 5.74) is 3.97. The van der Waals surface area contributed by atoms with Crippen LogP contribution in [-0.4, -0.2) is 11.7 Å². The van der Waals surface area contributed by atoms with Crippen molar-refractivity contribution in [2.24, 2.45) is 0 Å². The number of hydrogen-bond acceptors (Lipinski definition) is 2. The molecule has 0 radical (unpaired) electrons. The lowest BCUT2D eigenvalue weighted by Crippen LogP contribution is -2.06. The molecule has 2 rings (SSSR count). The van der Waals surface area contributed by atoms with E-state index in [4.69, 9.17) is 4.74 Å². The maximum absolute atomic E-state index is 10.7. The molecule has 1 atom stereocenters. The molecule has 0 saturated carbocycles. The number of hydrogen-bond donors (Lipinski definition) is 1. The molecule has 2 aromatic rings. The van der Waals surface area contributed by atoms with E-state index in [2.05, 4.69) is 22.0 Å². The number of rotatable bonds is 4. The zero-order valence-corrected chi connectivity index (χ0v) is 13.6. The summed E-state index contributed by atoms with van der Waals surface area (Å²) in [6.07, 6.45) is -0.686. The molecule has 0 amide bonds. The molecule has 0 aliphatic rings. The van der Waals surface area contributed by atoms with Gasteiger partial charge < -0.3 is 9.84 Å². The number of aliphatic hydroxyl groups excluding tert-OH is 1. The second kappa shape index (κ2) is 6.42. The van der Waals surface area contributed by atoms with Crippen LogP contribution in [0.4, 0.5) is 0 Å². The summed E-state index contributed by atoms with van der Waals surface area (Å²) in [4.78, 5) is 0. The van der Waals surface area contributed by atoms with E-state index in [0.717, 1.165) is 26.9 Å². The highest BCUT2D eigenvalue weighted by Crippen LogP contribution is 2.34. The van der Waals surface area contributed by atoms with Gasteiger partial charge in [-0.2, -0.15) is 0 Å². The van der Waals surface area contributed by atoms with Gasteiger partial charge in [-0.05, 0) is 50.1 Å². The lowest BCUT2D eigenvalue weighted by molar-refractivity contribution is 0.211. The van der Waals surface area contributed by atoms with Crippen LogP contribution in [0.15, 0.2) is 40.9 Å². The summed E-state index contributed by atoms with van der Waals surface area (Å²) in [7, 11) is 0. The summed E-state index contributed by atoms with van der Waals surface area (Å²) in [6, 6.07) is 11.8. The van der Waals surface area contributed by atoms with Crippen molar-refractivity contribution >= 4 is 15.9 Å². The highest BCUT2D eigenvalue weighted by molar-refractivity contribution is 9.10. The first kappa shape index (κ1) is 15.1. The molecule has 0 bridgehead atoms. The van der Waals surface area contributed by atoms with E-state index in [-0.39, 0.29) is 0 Å². The zero-order valence-electron chi connectivity index (χ0n) is 12.0. The van der Waals surface area contributed by atoms with Gasteiger partial charge in [-0.15, -0.1) is 0 Å². The summed E-state index contributed by atoms with van der Waals surface area (Å²) < 4.78 is 6.55. The van der Waals surface area contributed by atoms with Crippen molar-refractivity contribution in [3.8, 4) is 5.75 Å². The molecule has 0 spiro atoms. The predicted octanol–water partition coefficient (Wildman–Crippen LogP) is 4.55. The summed E-state index contributed by atoms with van der Waals surface area (Å²) in [6.45, 7) is 6.58. The van der Waals surface area contributed by atoms with Gasteiger partial charge in [0.15, 0.2) is 0 Å². The largest absolute Gasteiger partial charge is 0.493 e. The van der Waals surface area contributed by atoms with E-state index in [1.165, 1.54) is 5.56 Å². The molecule has 2 nitrogen and oxygen atoms in total. The maximum Gasteiger partial charge on any atom is 0.125 e. The predicted molar refractivity (Wildman–Crippen MR) is 85.3 cm³/mol. The monoisotopic (exact) mass is 334 g/mol. The highest BCUT2D eigenvalue weighted by Gasteiger charge is 2.18. The van der Waals surface area contributed by atoms with Crippen molar-refractivity contribution in [1.29, 1.82) is 0 Å². The van der Waals surface area contributed by atoms with Crippen LogP contribution in [-0.2, 0) is 0 Å². The Balaban J connectivity index is 2.46. The first-order valence-corrected chi connectivity index (χ1v) is 7.49. The third-order valence-corrected chi connectivity index (χ3v) is 3.78. The van der Waals surface area contributed by atoms with E-state index in [1.54, 1.807) is 0 Å². The maximum atomic E-state index is 10.7. The third kappa shape index (κ3) is 3.22. The van der Waals surface area contributed by atoms with Crippen molar-refractivity contribution in [2.45, 2.75) is 26.9 Å². The van der Waals surface area contributed by atoms with Crippen LogP contribution in [0, 0.1) is 13.8 Å². The van der Waals surface area contributed by atoms with Crippen LogP contribution in [0.1, 0.15) is 35.3 Å². The minimum absolute atomic E-state index is 0.578. The molecule has 1 N–H and O–H groups in total. The molecular weight excluding hydrogens is 316 g/mol. The molecule has 2 aromatic carbocycles. The van der Waals surface area contributed by atoms with E-state index in [0.29, 0.717) is 6.61 Å². The standard InChI is InChI=1S/C17H19BrO2/c1-4-20-16-8-6-13(18)10-15(16)17(19)14-7-5-11(2)9-12(14)3/h5-10,17,19H,4H2,1-3H3. The van der Waals surface area contributed by atoms with E-state index in [1.807, 2.05) is 51.1 Å². The second-order valence-electron chi connectivity index (χ2n) is 4.88. The molecule has 106 valence electrons. The Morgan fingerprint density at radius 2 is 1.85 bits per heavy atom. The first-order chi connectivity index (χ1) is 9.52. The van der Waals surface area contributed by atoms with Crippen LogP contribution in [0.2, 0.25) is 0 Å². The van der Waals surface area contributed by atoms with Crippen molar-refractivity contribution in [3.05, 3.63) is 63.1 Å². The van der Waals surface area contributed by atoms with E-state index in [9.17, 15) is 5.11 Å². The van der Waals surface area contributed by atoms with Gasteiger partial charge in [0.05, 0.1) is 6.61 Å². The van der Waals surface area contributed by atoms with Crippen LogP contribution in [0.5, 0.6) is 5.75 Å². The molecule has 0 fully saturated rings. The van der Waals surface area contributed by atoms with Gasteiger partial charge >= 0.3 is 0 Å². The number of aliphatic hydroxyl groups is 1. The van der Waals surface area contributed by atoms with Crippen molar-refractivity contribution < 1.29 is 9.84 Å². The molecule has 0 saturated heterocycles. The minimum Gasteiger partial charge on any atom is -0.493 e. The zero-order chi connectivity index (χ0) is 14.7. The Bertz CT molecular complexity index is 608. The third-order valence-electron chi connectivity index (χ3n) is 3.29. The van der Waals surface area contributed by atoms with Gasteiger partial charge in [-0.3, -0.25) is 0 Å². The SMILES string of the molecule is CCOc1ccc(Br)cc1C(O)c1ccc(C)cc1C. The van der Waals surface area contributed by atoms with Crippen LogP contribution in [0.25, 0.3) is 0 Å². The van der Waals surface area contributed by atoms with Gasteiger partial charge in [0.1, 0.15) is 11.9 Å². The van der Waals surface area contributed by atoms with Gasteiger partial charge in [0.2, 0.25) is 0 Å². The quantitative estimate of drug-likeness (QED) is 0.888. The van der Waals surface area contributed by atoms with E-state index >= 15 is 0 Å². The molecule has 0 aliphatic carbocycles. The Labute approximate surface area is 128 Å². The topological polar surface area (TPSA) is 29.5 Å². The smallest absolute Gasteiger partial charge is 0.125 e. The normalized spacial score (nSPS) is 12.2. The van der Waals surface area contributed by atoms with Crippen molar-refractivity contribution in [1.82, 2.24) is 0 Å². The first-order valence-electron chi connectivity index (χ1n) is 6.70. The van der Waals surface area contributed by atoms with Gasteiger partial charge in [-0.1, -0.05) is 39.7 Å². The van der Waals surface area contributed by atoms with Gasteiger partial charge in [0.25, 0.3) is 0 Å². The molecule has 20 heavy (non-hydrogen) atoms. The van der Waals surface area contributed by atoms with Crippen molar-refractivity contribution in [2.75, 3.05) is 6.61 Å². The fraction of sp³-hybridized carbons (Fsp3) is 0.294. The lowest BCUT2D eigenvalue weighted by Gasteiger charge is -2.18. The fourth-order valence-electron chi connectivity index (χ4n) is 2.32. The van der Waals surface area contributed by atoms with Crippen LogP contribution >= 0.6 is 15.9 Å². The Kier molecular flexibility index (Phi) is 4.84. The molecule has 3 heteroatoms. The van der Waals surface area contributed by atoms with Crippen molar-refractivity contribution in [3.63, 3.8) is 0 Å². The molecule has 0 heterocycles. The van der Waals surface area contributed by atoms with E-state index < -0.39 is 6.10 Å². The Morgan fingerprint density at radius 3 is 2.50 bits per heavy atom. The summed E-state index contributed by atoms with van der Waals surface area (Å²) >= 11 is 3.45. The highest BCUT2D eigenvalue weighted by atomic mass is 79.9. The Hall–Kier alpha value is -1.32. The van der Waals surface area contributed by atoms with Crippen LogP contribution in [0.3, 0.4) is 0 Å². The van der Waals surface area contributed by atoms with Crippen LogP contribution < -0.4 is 4.74 Å². The van der Waals surface area contributed by atoms with Gasteiger partial charge in [0, 0.05) is 10.0 Å². The number of halogens is 1. The average Bonchev–Trinajstić information content (AvgIpc) is 2.40. The molecule has 1 unspecified atom stereocenters. The average molecular weight is 335 g/mol. The van der Waals surface area contributed by atoms with Gasteiger partial charge in [-0.25, -0.2) is 0 Å². The minimum atomic E-state index is -0.686. The Morgan fingerprint density at radius 1 is 1.10 bits per heavy atom. The molecular formula is C17H19BrO2. The second-order valence-corrected chi connectivity index (χ2v) is 5.79. The summed E-state index contributed by atoms with van der Waals surface area (Å²) in [5, 5.41) is 10.7. The molecule has 0 aromatic heterocycles. The number of benzene rings is 2. The number of aryl methyl sites for hydroxylation is 2. The lowest BCUT2D eigenvalue weighted by atomic mass is 9.95. The number of ether oxygens (including phenoxy) is 1. The fourth-order valence-corrected chi connectivity index (χ4v) is 2.70.